The summed E-state index contributed by atoms with van der Waals surface area (Å²) < 4.78 is 5.41. The first-order valence-corrected chi connectivity index (χ1v) is 5.68. The topological polar surface area (TPSA) is 26.0 Å². The van der Waals surface area contributed by atoms with Crippen LogP contribution in [0.15, 0.2) is 47.0 Å². The molecule has 0 N–H and O–H groups in total. The summed E-state index contributed by atoms with van der Waals surface area (Å²) in [6.45, 7) is 4.11. The van der Waals surface area contributed by atoms with Gasteiger partial charge in [-0.3, -0.25) is 0 Å². The van der Waals surface area contributed by atoms with Crippen molar-refractivity contribution in [2.45, 2.75) is 13.8 Å². The van der Waals surface area contributed by atoms with E-state index in [1.807, 2.05) is 25.1 Å². The summed E-state index contributed by atoms with van der Waals surface area (Å²) >= 11 is 0. The van der Waals surface area contributed by atoms with E-state index in [4.69, 9.17) is 4.52 Å². The minimum absolute atomic E-state index is 0.878. The molecule has 0 aliphatic rings. The summed E-state index contributed by atoms with van der Waals surface area (Å²) in [5.74, 6) is 0. The number of hydrogen-bond acceptors (Lipinski definition) is 2. The third kappa shape index (κ3) is 1.62. The molecule has 0 saturated carbocycles. The monoisotopic (exact) mass is 223 g/mol. The van der Waals surface area contributed by atoms with Crippen LogP contribution in [-0.4, -0.2) is 5.16 Å². The Labute approximate surface area is 99.9 Å². The van der Waals surface area contributed by atoms with Gasteiger partial charge >= 0.3 is 0 Å². The van der Waals surface area contributed by atoms with Gasteiger partial charge in [-0.05, 0) is 25.5 Å². The van der Waals surface area contributed by atoms with Crippen LogP contribution in [0.3, 0.4) is 0 Å². The summed E-state index contributed by atoms with van der Waals surface area (Å²) in [4.78, 5) is 0. The molecule has 0 fully saturated rings. The van der Waals surface area contributed by atoms with Crippen LogP contribution in [0, 0.1) is 13.8 Å². The first-order valence-electron chi connectivity index (χ1n) is 5.68. The average molecular weight is 223 g/mol. The fourth-order valence-corrected chi connectivity index (χ4v) is 2.02. The zero-order chi connectivity index (χ0) is 11.8. The minimum Gasteiger partial charge on any atom is -0.355 e. The fourth-order valence-electron chi connectivity index (χ4n) is 2.02. The third-order valence-corrected chi connectivity index (χ3v) is 3.02. The Bertz CT molecular complexity index is 665. The van der Waals surface area contributed by atoms with E-state index in [0.717, 1.165) is 27.8 Å². The quantitative estimate of drug-likeness (QED) is 0.620. The molecule has 0 amide bonds. The molecule has 0 radical (unpaired) electrons. The molecule has 0 bridgehead atoms. The Morgan fingerprint density at radius 2 is 1.71 bits per heavy atom. The molecule has 2 heteroatoms. The second-order valence-corrected chi connectivity index (χ2v) is 4.35. The highest BCUT2D eigenvalue weighted by Crippen LogP contribution is 2.29. The zero-order valence-electron chi connectivity index (χ0n) is 9.90. The molecule has 0 atom stereocenters. The number of hydrogen-bond donors (Lipinski definition) is 0. The number of para-hydroxylation sites is 1. The molecule has 3 rings (SSSR count). The molecule has 2 aromatic carbocycles. The Morgan fingerprint density at radius 1 is 0.941 bits per heavy atom. The lowest BCUT2D eigenvalue weighted by molar-refractivity contribution is 0.458. The van der Waals surface area contributed by atoms with E-state index in [0.29, 0.717) is 0 Å². The number of fused-ring (bicyclic) bond motifs is 1. The zero-order valence-corrected chi connectivity index (χ0v) is 9.90. The van der Waals surface area contributed by atoms with Crippen LogP contribution in [0.4, 0.5) is 0 Å². The predicted octanol–water partition coefficient (Wildman–Crippen LogP) is 4.11. The maximum absolute atomic E-state index is 5.41. The molecular formula is C15H13NO. The summed E-state index contributed by atoms with van der Waals surface area (Å²) in [5, 5.41) is 5.26. The molecule has 0 spiro atoms. The van der Waals surface area contributed by atoms with Crippen molar-refractivity contribution in [3.05, 3.63) is 53.6 Å². The van der Waals surface area contributed by atoms with Crippen LogP contribution < -0.4 is 0 Å². The van der Waals surface area contributed by atoms with Crippen LogP contribution >= 0.6 is 0 Å². The summed E-state index contributed by atoms with van der Waals surface area (Å²) in [6, 6.07) is 14.5. The van der Waals surface area contributed by atoms with Gasteiger partial charge < -0.3 is 4.52 Å². The van der Waals surface area contributed by atoms with Crippen molar-refractivity contribution in [1.82, 2.24) is 5.16 Å². The average Bonchev–Trinajstić information content (AvgIpc) is 2.75. The Morgan fingerprint density at radius 3 is 2.47 bits per heavy atom. The summed E-state index contributed by atoms with van der Waals surface area (Å²) in [7, 11) is 0. The Hall–Kier alpha value is -2.09. The Kier molecular flexibility index (Phi) is 2.22. The second-order valence-electron chi connectivity index (χ2n) is 4.35. The van der Waals surface area contributed by atoms with E-state index in [9.17, 15) is 0 Å². The molecule has 3 aromatic rings. The molecule has 1 heterocycles. The molecule has 2 nitrogen and oxygen atoms in total. The smallest absolute Gasteiger partial charge is 0.170 e. The number of rotatable bonds is 1. The van der Waals surface area contributed by atoms with E-state index >= 15 is 0 Å². The lowest BCUT2D eigenvalue weighted by atomic mass is 10.1. The van der Waals surface area contributed by atoms with Gasteiger partial charge in [0.2, 0.25) is 0 Å². The molecule has 0 unspecified atom stereocenters. The van der Waals surface area contributed by atoms with Crippen molar-refractivity contribution in [3.63, 3.8) is 0 Å². The molecule has 0 aliphatic heterocycles. The molecule has 17 heavy (non-hydrogen) atoms. The maximum Gasteiger partial charge on any atom is 0.170 e. The summed E-state index contributed by atoms with van der Waals surface area (Å²) in [6.07, 6.45) is 0. The standard InChI is InChI=1S/C15H13NO/c1-10-6-8-12(9-7-10)14-13-5-3-4-11(2)15(13)17-16-14/h3-9H,1-2H3. The largest absolute Gasteiger partial charge is 0.355 e. The van der Waals surface area contributed by atoms with Gasteiger partial charge in [-0.1, -0.05) is 47.1 Å². The maximum atomic E-state index is 5.41. The first kappa shape index (κ1) is 10.1. The van der Waals surface area contributed by atoms with Crippen LogP contribution in [0.25, 0.3) is 22.2 Å². The third-order valence-electron chi connectivity index (χ3n) is 3.02. The van der Waals surface area contributed by atoms with E-state index in [1.54, 1.807) is 0 Å². The molecule has 0 saturated heterocycles. The molecular weight excluding hydrogens is 210 g/mol. The van der Waals surface area contributed by atoms with E-state index < -0.39 is 0 Å². The highest BCUT2D eigenvalue weighted by Gasteiger charge is 2.11. The lowest BCUT2D eigenvalue weighted by Crippen LogP contribution is -1.79. The number of aryl methyl sites for hydroxylation is 2. The van der Waals surface area contributed by atoms with Gasteiger partial charge in [0.05, 0.1) is 0 Å². The minimum atomic E-state index is 0.878. The van der Waals surface area contributed by atoms with Crippen molar-refractivity contribution in [3.8, 4) is 11.3 Å². The van der Waals surface area contributed by atoms with Gasteiger partial charge in [-0.2, -0.15) is 0 Å². The number of nitrogens with zero attached hydrogens (tertiary/aromatic N) is 1. The highest BCUT2D eigenvalue weighted by molar-refractivity contribution is 5.92. The predicted molar refractivity (Wildman–Crippen MR) is 68.9 cm³/mol. The van der Waals surface area contributed by atoms with Crippen LogP contribution in [0.1, 0.15) is 11.1 Å². The molecule has 1 aromatic heterocycles. The van der Waals surface area contributed by atoms with Crippen molar-refractivity contribution >= 4 is 11.0 Å². The summed E-state index contributed by atoms with van der Waals surface area (Å²) in [5.41, 5.74) is 5.26. The fraction of sp³-hybridized carbons (Fsp3) is 0.133. The van der Waals surface area contributed by atoms with Gasteiger partial charge in [-0.25, -0.2) is 0 Å². The van der Waals surface area contributed by atoms with Gasteiger partial charge in [0.15, 0.2) is 5.58 Å². The number of benzene rings is 2. The number of aromatic nitrogens is 1. The van der Waals surface area contributed by atoms with Gasteiger partial charge in [-0.15, -0.1) is 0 Å². The van der Waals surface area contributed by atoms with Crippen molar-refractivity contribution in [1.29, 1.82) is 0 Å². The van der Waals surface area contributed by atoms with Gasteiger partial charge in [0.1, 0.15) is 5.69 Å². The van der Waals surface area contributed by atoms with Crippen molar-refractivity contribution < 1.29 is 4.52 Å². The van der Waals surface area contributed by atoms with Crippen LogP contribution in [-0.2, 0) is 0 Å². The van der Waals surface area contributed by atoms with E-state index in [-0.39, 0.29) is 0 Å². The van der Waals surface area contributed by atoms with Crippen LogP contribution in [0.5, 0.6) is 0 Å². The van der Waals surface area contributed by atoms with E-state index in [1.165, 1.54) is 5.56 Å². The van der Waals surface area contributed by atoms with Gasteiger partial charge in [0.25, 0.3) is 0 Å². The first-order chi connectivity index (χ1) is 8.25. The normalized spacial score (nSPS) is 10.9. The molecule has 84 valence electrons. The highest BCUT2D eigenvalue weighted by atomic mass is 16.5. The van der Waals surface area contributed by atoms with Crippen molar-refractivity contribution in [2.75, 3.05) is 0 Å². The SMILES string of the molecule is Cc1ccc(-c2noc3c(C)cccc23)cc1. The second kappa shape index (κ2) is 3.74. The lowest BCUT2D eigenvalue weighted by Gasteiger charge is -1.98. The van der Waals surface area contributed by atoms with E-state index in [2.05, 4.69) is 36.3 Å². The van der Waals surface area contributed by atoms with Crippen LogP contribution in [0.2, 0.25) is 0 Å². The molecule has 0 aliphatic carbocycles. The van der Waals surface area contributed by atoms with Crippen molar-refractivity contribution in [2.24, 2.45) is 0 Å². The Balaban J connectivity index is 2.24. The van der Waals surface area contributed by atoms with Gasteiger partial charge in [0, 0.05) is 10.9 Å².